The van der Waals surface area contributed by atoms with Gasteiger partial charge in [0.25, 0.3) is 0 Å². The van der Waals surface area contributed by atoms with Gasteiger partial charge in [-0.3, -0.25) is 4.90 Å². The lowest BCUT2D eigenvalue weighted by Gasteiger charge is -2.50. The summed E-state index contributed by atoms with van der Waals surface area (Å²) >= 11 is 0. The molecule has 2 aliphatic rings. The third-order valence-corrected chi connectivity index (χ3v) is 8.06. The van der Waals surface area contributed by atoms with Crippen molar-refractivity contribution in [2.45, 2.75) is 50.8 Å². The second-order valence-electron chi connectivity index (χ2n) is 10.5. The average molecular weight is 500 g/mol. The van der Waals surface area contributed by atoms with Gasteiger partial charge in [-0.25, -0.2) is 4.79 Å². The molecule has 0 bridgehead atoms. The first kappa shape index (κ1) is 25.2. The van der Waals surface area contributed by atoms with Crippen molar-refractivity contribution in [1.29, 1.82) is 0 Å². The average Bonchev–Trinajstić information content (AvgIpc) is 2.95. The zero-order chi connectivity index (χ0) is 25.7. The molecule has 1 amide bonds. The largest absolute Gasteiger partial charge is 0.508 e. The fourth-order valence-corrected chi connectivity index (χ4v) is 5.73. The molecule has 2 heterocycles. The van der Waals surface area contributed by atoms with Crippen LogP contribution in [0.25, 0.3) is 0 Å². The number of nitrogens with zero attached hydrogens (tertiary/aromatic N) is 3. The van der Waals surface area contributed by atoms with Crippen LogP contribution in [0.3, 0.4) is 0 Å². The van der Waals surface area contributed by atoms with Gasteiger partial charge in [0.05, 0.1) is 0 Å². The van der Waals surface area contributed by atoms with E-state index in [2.05, 4.69) is 41.0 Å². The van der Waals surface area contributed by atoms with Crippen molar-refractivity contribution in [3.05, 3.63) is 90.5 Å². The minimum atomic E-state index is -0.211. The number of ether oxygens (including phenoxy) is 1. The monoisotopic (exact) mass is 499 g/mol. The maximum atomic E-state index is 12.6. The van der Waals surface area contributed by atoms with Crippen molar-refractivity contribution in [1.82, 2.24) is 9.80 Å². The third-order valence-electron chi connectivity index (χ3n) is 8.06. The van der Waals surface area contributed by atoms with Gasteiger partial charge < -0.3 is 19.6 Å². The van der Waals surface area contributed by atoms with Crippen LogP contribution < -0.4 is 4.90 Å². The molecule has 1 N–H and O–H groups in total. The second-order valence-corrected chi connectivity index (χ2v) is 10.5. The summed E-state index contributed by atoms with van der Waals surface area (Å²) in [6, 6.07) is 28.3. The Bertz CT molecular complexity index is 1140. The number of hydrogen-bond acceptors (Lipinski definition) is 5. The number of amides is 1. The van der Waals surface area contributed by atoms with E-state index in [0.29, 0.717) is 12.6 Å². The smallest absolute Gasteiger partial charge is 0.410 e. The minimum Gasteiger partial charge on any atom is -0.508 e. The molecule has 2 saturated heterocycles. The molecule has 0 unspecified atom stereocenters. The van der Waals surface area contributed by atoms with E-state index in [9.17, 15) is 9.90 Å². The third kappa shape index (κ3) is 5.91. The summed E-state index contributed by atoms with van der Waals surface area (Å²) in [5, 5.41) is 9.80. The number of rotatable bonds is 6. The van der Waals surface area contributed by atoms with Crippen molar-refractivity contribution >= 4 is 17.5 Å². The Labute approximate surface area is 220 Å². The van der Waals surface area contributed by atoms with Gasteiger partial charge in [-0.2, -0.15) is 0 Å². The van der Waals surface area contributed by atoms with E-state index < -0.39 is 0 Å². The number of para-hydroxylation sites is 1. The molecule has 5 rings (SSSR count). The molecular weight excluding hydrogens is 462 g/mol. The molecular formula is C31H37N3O3. The van der Waals surface area contributed by atoms with Crippen LogP contribution in [0.2, 0.25) is 0 Å². The standard InChI is InChI=1S/C31H37N3O3/c1-31(18-22-32(23-19-31)30(36)37-24-25-8-4-2-5-9-25)33-20-16-28(17-21-33)34(26-10-6-3-7-11-26)27-12-14-29(35)15-13-27/h2-15,28,35H,16-24H2,1H3. The number of phenols is 1. The highest BCUT2D eigenvalue weighted by Crippen LogP contribution is 2.36. The molecule has 194 valence electrons. The van der Waals surface area contributed by atoms with Crippen molar-refractivity contribution < 1.29 is 14.6 Å². The van der Waals surface area contributed by atoms with Crippen LogP contribution in [-0.2, 0) is 11.3 Å². The van der Waals surface area contributed by atoms with Gasteiger partial charge in [-0.15, -0.1) is 0 Å². The molecule has 37 heavy (non-hydrogen) atoms. The quantitative estimate of drug-likeness (QED) is 0.439. The van der Waals surface area contributed by atoms with Gasteiger partial charge in [-0.1, -0.05) is 48.5 Å². The number of anilines is 2. The van der Waals surface area contributed by atoms with Crippen LogP contribution in [0.4, 0.5) is 16.2 Å². The predicted octanol–water partition coefficient (Wildman–Crippen LogP) is 6.19. The van der Waals surface area contributed by atoms with Gasteiger partial charge >= 0.3 is 6.09 Å². The number of hydrogen-bond donors (Lipinski definition) is 1. The first-order valence-corrected chi connectivity index (χ1v) is 13.4. The zero-order valence-electron chi connectivity index (χ0n) is 21.6. The zero-order valence-corrected chi connectivity index (χ0v) is 21.6. The molecule has 6 heteroatoms. The lowest BCUT2D eigenvalue weighted by Crippen LogP contribution is -2.57. The molecule has 0 spiro atoms. The first-order valence-electron chi connectivity index (χ1n) is 13.4. The van der Waals surface area contributed by atoms with Crippen LogP contribution in [-0.4, -0.2) is 58.8 Å². The maximum absolute atomic E-state index is 12.6. The minimum absolute atomic E-state index is 0.0945. The van der Waals surface area contributed by atoms with Crippen LogP contribution in [0.5, 0.6) is 5.75 Å². The molecule has 6 nitrogen and oxygen atoms in total. The Morgan fingerprint density at radius 1 is 0.865 bits per heavy atom. The molecule has 0 saturated carbocycles. The van der Waals surface area contributed by atoms with E-state index >= 15 is 0 Å². The van der Waals surface area contributed by atoms with E-state index in [4.69, 9.17) is 4.74 Å². The Balaban J connectivity index is 1.17. The number of likely N-dealkylation sites (tertiary alicyclic amines) is 2. The number of aromatic hydroxyl groups is 1. The Kier molecular flexibility index (Phi) is 7.65. The number of benzene rings is 3. The Hall–Kier alpha value is -3.51. The normalized spacial score (nSPS) is 18.4. The molecule has 0 aliphatic carbocycles. The van der Waals surface area contributed by atoms with Crippen molar-refractivity contribution in [2.24, 2.45) is 0 Å². The number of carbonyl (C=O) groups is 1. The Morgan fingerprint density at radius 3 is 2.05 bits per heavy atom. The lowest BCUT2D eigenvalue weighted by molar-refractivity contribution is 0.0135. The number of phenolic OH excluding ortho intramolecular Hbond substituents is 1. The summed E-state index contributed by atoms with van der Waals surface area (Å²) in [4.78, 5) is 19.6. The summed E-state index contributed by atoms with van der Waals surface area (Å²) in [6.45, 7) is 6.19. The molecule has 0 atom stereocenters. The van der Waals surface area contributed by atoms with Crippen LogP contribution >= 0.6 is 0 Å². The van der Waals surface area contributed by atoms with Crippen LogP contribution in [0.15, 0.2) is 84.9 Å². The van der Waals surface area contributed by atoms with Crippen molar-refractivity contribution in [2.75, 3.05) is 31.1 Å². The summed E-state index contributed by atoms with van der Waals surface area (Å²) in [7, 11) is 0. The van der Waals surface area contributed by atoms with Crippen molar-refractivity contribution in [3.63, 3.8) is 0 Å². The van der Waals surface area contributed by atoms with E-state index in [-0.39, 0.29) is 17.4 Å². The number of piperidine rings is 2. The molecule has 3 aromatic carbocycles. The number of carbonyl (C=O) groups excluding carboxylic acids is 1. The summed E-state index contributed by atoms with van der Waals surface area (Å²) in [5.41, 5.74) is 3.39. The predicted molar refractivity (Wildman–Crippen MR) is 147 cm³/mol. The van der Waals surface area contributed by atoms with E-state index in [1.807, 2.05) is 53.4 Å². The van der Waals surface area contributed by atoms with Crippen LogP contribution in [0, 0.1) is 0 Å². The highest BCUT2D eigenvalue weighted by molar-refractivity contribution is 5.68. The molecule has 2 aliphatic heterocycles. The van der Waals surface area contributed by atoms with Gasteiger partial charge in [-0.05, 0) is 74.6 Å². The van der Waals surface area contributed by atoms with Gasteiger partial charge in [0, 0.05) is 49.1 Å². The van der Waals surface area contributed by atoms with Crippen molar-refractivity contribution in [3.8, 4) is 5.75 Å². The van der Waals surface area contributed by atoms with E-state index in [1.165, 1.54) is 5.69 Å². The second kappa shape index (κ2) is 11.3. The topological polar surface area (TPSA) is 56.2 Å². The lowest BCUT2D eigenvalue weighted by atomic mass is 9.85. The summed E-state index contributed by atoms with van der Waals surface area (Å²) < 4.78 is 5.57. The molecule has 2 fully saturated rings. The highest BCUT2D eigenvalue weighted by atomic mass is 16.6. The van der Waals surface area contributed by atoms with Gasteiger partial charge in [0.2, 0.25) is 0 Å². The molecule has 0 radical (unpaired) electrons. The van der Waals surface area contributed by atoms with Gasteiger partial charge in [0.1, 0.15) is 12.4 Å². The first-order chi connectivity index (χ1) is 18.0. The summed E-state index contributed by atoms with van der Waals surface area (Å²) in [5.74, 6) is 0.287. The molecule has 3 aromatic rings. The SMILES string of the molecule is CC1(N2CCC(N(c3ccccc3)c3ccc(O)cc3)CC2)CCN(C(=O)OCc2ccccc2)CC1. The van der Waals surface area contributed by atoms with E-state index in [1.54, 1.807) is 12.1 Å². The maximum Gasteiger partial charge on any atom is 0.410 e. The van der Waals surface area contributed by atoms with Crippen LogP contribution in [0.1, 0.15) is 38.2 Å². The fourth-order valence-electron chi connectivity index (χ4n) is 5.73. The van der Waals surface area contributed by atoms with Gasteiger partial charge in [0.15, 0.2) is 0 Å². The fraction of sp³-hybridized carbons (Fsp3) is 0.387. The molecule has 0 aromatic heterocycles. The van der Waals surface area contributed by atoms with E-state index in [0.717, 1.165) is 63.1 Å². The Morgan fingerprint density at radius 2 is 1.43 bits per heavy atom. The highest BCUT2D eigenvalue weighted by Gasteiger charge is 2.39. The summed E-state index contributed by atoms with van der Waals surface area (Å²) in [6.07, 6.45) is 3.83.